The number of hydrazone groups is 1. The number of carbonyl (C=O) groups is 2. The topological polar surface area (TPSA) is 68.2 Å². The largest absolute Gasteiger partial charge is 0.489 e. The van der Waals surface area contributed by atoms with E-state index in [1.54, 1.807) is 36.4 Å². The number of hydrogen-bond acceptors (Lipinski definition) is 5. The molecule has 2 amide bonds. The number of halogens is 1. The van der Waals surface area contributed by atoms with E-state index in [-0.39, 0.29) is 0 Å². The van der Waals surface area contributed by atoms with Crippen LogP contribution >= 0.6 is 11.6 Å². The molecule has 0 aliphatic carbocycles. The lowest BCUT2D eigenvalue weighted by molar-refractivity contribution is 0.0660. The van der Waals surface area contributed by atoms with Gasteiger partial charge in [0, 0.05) is 6.42 Å². The van der Waals surface area contributed by atoms with E-state index < -0.39 is 11.8 Å². The number of imide groups is 1. The quantitative estimate of drug-likeness (QED) is 0.612. The molecule has 0 fully saturated rings. The van der Waals surface area contributed by atoms with Crippen LogP contribution in [0.15, 0.2) is 41.5 Å². The molecule has 25 heavy (non-hydrogen) atoms. The fraction of sp³-hybridized carbons (Fsp3) is 0.167. The number of ether oxygens (including phenoxy) is 2. The average Bonchev–Trinajstić information content (AvgIpc) is 2.78. The SMILES string of the molecule is O=C1c2ccccc2C(=O)N1/N=C\c1cc(Cl)c2c(c1)OCCCO2. The summed E-state index contributed by atoms with van der Waals surface area (Å²) in [7, 11) is 0. The Balaban J connectivity index is 1.63. The third-order valence-electron chi connectivity index (χ3n) is 3.92. The predicted molar refractivity (Wildman–Crippen MR) is 91.6 cm³/mol. The molecule has 2 aromatic carbocycles. The fourth-order valence-electron chi connectivity index (χ4n) is 2.73. The van der Waals surface area contributed by atoms with E-state index in [0.717, 1.165) is 11.4 Å². The summed E-state index contributed by atoms with van der Waals surface area (Å²) in [6, 6.07) is 10.00. The van der Waals surface area contributed by atoms with Crippen LogP contribution in [0.2, 0.25) is 5.02 Å². The lowest BCUT2D eigenvalue weighted by Crippen LogP contribution is -2.24. The Hall–Kier alpha value is -2.86. The van der Waals surface area contributed by atoms with Gasteiger partial charge in [-0.3, -0.25) is 9.59 Å². The van der Waals surface area contributed by atoms with Crippen molar-refractivity contribution in [2.75, 3.05) is 13.2 Å². The molecular formula is C18H13ClN2O4. The molecule has 126 valence electrons. The van der Waals surface area contributed by atoms with Crippen molar-refractivity contribution >= 4 is 29.6 Å². The van der Waals surface area contributed by atoms with Gasteiger partial charge in [-0.15, -0.1) is 0 Å². The van der Waals surface area contributed by atoms with Gasteiger partial charge in [0.2, 0.25) is 0 Å². The highest BCUT2D eigenvalue weighted by molar-refractivity contribution is 6.32. The Bertz CT molecular complexity index is 875. The summed E-state index contributed by atoms with van der Waals surface area (Å²) in [6.07, 6.45) is 2.17. The molecular weight excluding hydrogens is 344 g/mol. The van der Waals surface area contributed by atoms with Crippen molar-refractivity contribution in [3.8, 4) is 11.5 Å². The van der Waals surface area contributed by atoms with Crippen molar-refractivity contribution in [1.82, 2.24) is 5.01 Å². The second-order valence-electron chi connectivity index (χ2n) is 5.59. The molecule has 0 saturated heterocycles. The van der Waals surface area contributed by atoms with E-state index in [4.69, 9.17) is 21.1 Å². The first-order valence-electron chi connectivity index (χ1n) is 7.76. The average molecular weight is 357 g/mol. The van der Waals surface area contributed by atoms with Gasteiger partial charge in [-0.1, -0.05) is 23.7 Å². The molecule has 0 unspecified atom stereocenters. The zero-order valence-electron chi connectivity index (χ0n) is 13.1. The lowest BCUT2D eigenvalue weighted by Gasteiger charge is -2.10. The van der Waals surface area contributed by atoms with Gasteiger partial charge < -0.3 is 9.47 Å². The minimum absolute atomic E-state index is 0.348. The van der Waals surface area contributed by atoms with Crippen molar-refractivity contribution in [3.05, 3.63) is 58.1 Å². The summed E-state index contributed by atoms with van der Waals surface area (Å²) in [6.45, 7) is 1.07. The Morgan fingerprint density at radius 2 is 1.72 bits per heavy atom. The standard InChI is InChI=1S/C18H13ClN2O4/c19-14-8-11(9-15-16(14)25-7-3-6-24-15)10-20-21-17(22)12-4-1-2-5-13(12)18(21)23/h1-2,4-5,8-10H,3,6-7H2/b20-10-. The molecule has 0 N–H and O–H groups in total. The minimum atomic E-state index is -0.447. The van der Waals surface area contributed by atoms with Gasteiger partial charge >= 0.3 is 0 Å². The van der Waals surface area contributed by atoms with Crippen LogP contribution in [0, 0.1) is 0 Å². The van der Waals surface area contributed by atoms with Crippen molar-refractivity contribution < 1.29 is 19.1 Å². The lowest BCUT2D eigenvalue weighted by atomic mass is 10.1. The molecule has 0 aromatic heterocycles. The maximum absolute atomic E-state index is 12.3. The van der Waals surface area contributed by atoms with Gasteiger partial charge in [0.25, 0.3) is 11.8 Å². The second-order valence-corrected chi connectivity index (χ2v) is 6.00. The highest BCUT2D eigenvalue weighted by Gasteiger charge is 2.35. The molecule has 0 bridgehead atoms. The van der Waals surface area contributed by atoms with Crippen molar-refractivity contribution in [2.45, 2.75) is 6.42 Å². The molecule has 2 aromatic rings. The highest BCUT2D eigenvalue weighted by atomic mass is 35.5. The van der Waals surface area contributed by atoms with Crippen molar-refractivity contribution in [3.63, 3.8) is 0 Å². The number of benzene rings is 2. The number of hydrogen-bond donors (Lipinski definition) is 0. The third-order valence-corrected chi connectivity index (χ3v) is 4.20. The van der Waals surface area contributed by atoms with Crippen LogP contribution in [0.3, 0.4) is 0 Å². The zero-order valence-corrected chi connectivity index (χ0v) is 13.8. The molecule has 0 saturated carbocycles. The molecule has 2 aliphatic rings. The maximum Gasteiger partial charge on any atom is 0.282 e. The van der Waals surface area contributed by atoms with Crippen LogP contribution < -0.4 is 9.47 Å². The Labute approximate surface area is 148 Å². The molecule has 0 atom stereocenters. The Kier molecular flexibility index (Phi) is 3.89. The zero-order chi connectivity index (χ0) is 17.4. The first-order chi connectivity index (χ1) is 12.1. The summed E-state index contributed by atoms with van der Waals surface area (Å²) in [4.78, 5) is 24.6. The highest BCUT2D eigenvalue weighted by Crippen LogP contribution is 2.37. The van der Waals surface area contributed by atoms with E-state index in [9.17, 15) is 9.59 Å². The van der Waals surface area contributed by atoms with Gasteiger partial charge in [-0.25, -0.2) is 0 Å². The summed E-state index contributed by atoms with van der Waals surface area (Å²) in [5, 5.41) is 5.28. The molecule has 2 heterocycles. The minimum Gasteiger partial charge on any atom is -0.489 e. The van der Waals surface area contributed by atoms with Gasteiger partial charge in [0.1, 0.15) is 0 Å². The van der Waals surface area contributed by atoms with Gasteiger partial charge in [-0.2, -0.15) is 10.1 Å². The van der Waals surface area contributed by atoms with Crippen LogP contribution in [-0.2, 0) is 0 Å². The summed E-state index contributed by atoms with van der Waals surface area (Å²) in [5.41, 5.74) is 1.30. The molecule has 7 heteroatoms. The van der Waals surface area contributed by atoms with E-state index in [0.29, 0.717) is 46.4 Å². The molecule has 2 aliphatic heterocycles. The fourth-order valence-corrected chi connectivity index (χ4v) is 3.00. The number of nitrogens with zero attached hydrogens (tertiary/aromatic N) is 2. The Morgan fingerprint density at radius 3 is 2.44 bits per heavy atom. The molecule has 0 radical (unpaired) electrons. The number of fused-ring (bicyclic) bond motifs is 2. The Morgan fingerprint density at radius 1 is 1.04 bits per heavy atom. The summed E-state index contributed by atoms with van der Waals surface area (Å²) < 4.78 is 11.2. The summed E-state index contributed by atoms with van der Waals surface area (Å²) in [5.74, 6) is 0.125. The van der Waals surface area contributed by atoms with Gasteiger partial charge in [0.15, 0.2) is 11.5 Å². The van der Waals surface area contributed by atoms with Crippen LogP contribution in [0.4, 0.5) is 0 Å². The van der Waals surface area contributed by atoms with E-state index in [1.807, 2.05) is 0 Å². The molecule has 6 nitrogen and oxygen atoms in total. The van der Waals surface area contributed by atoms with Crippen molar-refractivity contribution in [1.29, 1.82) is 0 Å². The monoisotopic (exact) mass is 356 g/mol. The third kappa shape index (κ3) is 2.74. The number of carbonyl (C=O) groups excluding carboxylic acids is 2. The normalized spacial score (nSPS) is 16.3. The predicted octanol–water partition coefficient (Wildman–Crippen LogP) is 3.13. The number of rotatable bonds is 2. The van der Waals surface area contributed by atoms with E-state index in [2.05, 4.69) is 5.10 Å². The smallest absolute Gasteiger partial charge is 0.282 e. The van der Waals surface area contributed by atoms with Gasteiger partial charge in [0.05, 0.1) is 35.6 Å². The molecule has 4 rings (SSSR count). The van der Waals surface area contributed by atoms with Crippen LogP contribution in [0.1, 0.15) is 32.7 Å². The maximum atomic E-state index is 12.3. The van der Waals surface area contributed by atoms with E-state index in [1.165, 1.54) is 6.21 Å². The molecule has 0 spiro atoms. The number of amides is 2. The summed E-state index contributed by atoms with van der Waals surface area (Å²) >= 11 is 6.23. The van der Waals surface area contributed by atoms with Crippen LogP contribution in [0.5, 0.6) is 11.5 Å². The van der Waals surface area contributed by atoms with Crippen molar-refractivity contribution in [2.24, 2.45) is 5.10 Å². The van der Waals surface area contributed by atoms with Gasteiger partial charge in [-0.05, 0) is 29.8 Å². The second kappa shape index (κ2) is 6.22. The first kappa shape index (κ1) is 15.7. The van der Waals surface area contributed by atoms with E-state index >= 15 is 0 Å². The van der Waals surface area contributed by atoms with Crippen LogP contribution in [-0.4, -0.2) is 36.3 Å². The van der Waals surface area contributed by atoms with Crippen LogP contribution in [0.25, 0.3) is 0 Å². The first-order valence-corrected chi connectivity index (χ1v) is 8.14.